The number of nitrogens with zero attached hydrogens (tertiary/aromatic N) is 1. The predicted molar refractivity (Wildman–Crippen MR) is 49.7 cm³/mol. The zero-order valence-electron chi connectivity index (χ0n) is 8.16. The molecule has 0 aromatic heterocycles. The molecule has 1 atom stereocenters. The maximum atomic E-state index is 11.4. The topological polar surface area (TPSA) is 55.6 Å². The van der Waals surface area contributed by atoms with Crippen molar-refractivity contribution in [2.45, 2.75) is 26.2 Å². The van der Waals surface area contributed by atoms with Gasteiger partial charge in [-0.1, -0.05) is 13.3 Å². The SMILES string of the molecule is CCCCOC(=O)C1CCN(N)C1. The van der Waals surface area contributed by atoms with Gasteiger partial charge in [0.1, 0.15) is 0 Å². The minimum Gasteiger partial charge on any atom is -0.465 e. The van der Waals surface area contributed by atoms with Crippen molar-refractivity contribution < 1.29 is 9.53 Å². The first-order chi connectivity index (χ1) is 6.24. The van der Waals surface area contributed by atoms with Crippen LogP contribution < -0.4 is 5.84 Å². The fraction of sp³-hybridized carbons (Fsp3) is 0.889. The second-order valence-electron chi connectivity index (χ2n) is 3.50. The molecule has 0 bridgehead atoms. The zero-order chi connectivity index (χ0) is 9.68. The van der Waals surface area contributed by atoms with Crippen molar-refractivity contribution >= 4 is 5.97 Å². The number of esters is 1. The van der Waals surface area contributed by atoms with Crippen molar-refractivity contribution in [3.8, 4) is 0 Å². The molecule has 4 heteroatoms. The van der Waals surface area contributed by atoms with Gasteiger partial charge in [0.15, 0.2) is 0 Å². The van der Waals surface area contributed by atoms with E-state index in [1.54, 1.807) is 5.01 Å². The molecule has 1 aliphatic heterocycles. The zero-order valence-corrected chi connectivity index (χ0v) is 8.16. The summed E-state index contributed by atoms with van der Waals surface area (Å²) < 4.78 is 5.09. The lowest BCUT2D eigenvalue weighted by Crippen LogP contribution is -2.30. The van der Waals surface area contributed by atoms with Crippen LogP contribution in [0, 0.1) is 5.92 Å². The molecular weight excluding hydrogens is 168 g/mol. The maximum absolute atomic E-state index is 11.4. The van der Waals surface area contributed by atoms with Crippen LogP contribution in [0.3, 0.4) is 0 Å². The summed E-state index contributed by atoms with van der Waals surface area (Å²) in [6, 6.07) is 0. The number of carbonyl (C=O) groups excluding carboxylic acids is 1. The van der Waals surface area contributed by atoms with Gasteiger partial charge in [0.05, 0.1) is 12.5 Å². The van der Waals surface area contributed by atoms with E-state index >= 15 is 0 Å². The molecule has 0 aliphatic carbocycles. The maximum Gasteiger partial charge on any atom is 0.310 e. The van der Waals surface area contributed by atoms with E-state index in [1.807, 2.05) is 0 Å². The summed E-state index contributed by atoms with van der Waals surface area (Å²) in [4.78, 5) is 11.4. The second-order valence-corrected chi connectivity index (χ2v) is 3.50. The lowest BCUT2D eigenvalue weighted by atomic mass is 10.1. The molecule has 1 heterocycles. The van der Waals surface area contributed by atoms with Crippen LogP contribution in [0.5, 0.6) is 0 Å². The summed E-state index contributed by atoms with van der Waals surface area (Å²) in [5.74, 6) is 5.46. The Balaban J connectivity index is 2.16. The van der Waals surface area contributed by atoms with Crippen molar-refractivity contribution in [3.63, 3.8) is 0 Å². The molecule has 1 rings (SSSR count). The van der Waals surface area contributed by atoms with Crippen LogP contribution in [0.4, 0.5) is 0 Å². The van der Waals surface area contributed by atoms with Crippen LogP contribution >= 0.6 is 0 Å². The van der Waals surface area contributed by atoms with Gasteiger partial charge in [0, 0.05) is 13.1 Å². The molecular formula is C9H18N2O2. The molecule has 4 nitrogen and oxygen atoms in total. The fourth-order valence-corrected chi connectivity index (χ4v) is 1.41. The highest BCUT2D eigenvalue weighted by Crippen LogP contribution is 2.14. The number of nitrogens with two attached hydrogens (primary N) is 1. The van der Waals surface area contributed by atoms with E-state index in [0.29, 0.717) is 13.2 Å². The molecule has 0 radical (unpaired) electrons. The van der Waals surface area contributed by atoms with E-state index in [4.69, 9.17) is 10.6 Å². The van der Waals surface area contributed by atoms with E-state index in [9.17, 15) is 4.79 Å². The fourth-order valence-electron chi connectivity index (χ4n) is 1.41. The van der Waals surface area contributed by atoms with E-state index < -0.39 is 0 Å². The van der Waals surface area contributed by atoms with Crippen LogP contribution in [0.15, 0.2) is 0 Å². The second kappa shape index (κ2) is 5.19. The molecule has 0 saturated carbocycles. The molecule has 1 saturated heterocycles. The van der Waals surface area contributed by atoms with Crippen LogP contribution in [0.1, 0.15) is 26.2 Å². The first kappa shape index (κ1) is 10.5. The Bertz CT molecular complexity index is 173. The van der Waals surface area contributed by atoms with E-state index in [1.165, 1.54) is 0 Å². The monoisotopic (exact) mass is 186 g/mol. The summed E-state index contributed by atoms with van der Waals surface area (Å²) >= 11 is 0. The quantitative estimate of drug-likeness (QED) is 0.395. The van der Waals surface area contributed by atoms with Crippen molar-refractivity contribution in [1.29, 1.82) is 0 Å². The Morgan fingerprint density at radius 2 is 2.46 bits per heavy atom. The van der Waals surface area contributed by atoms with Gasteiger partial charge < -0.3 is 4.74 Å². The van der Waals surface area contributed by atoms with E-state index in [2.05, 4.69) is 6.92 Å². The van der Waals surface area contributed by atoms with Gasteiger partial charge in [-0.25, -0.2) is 5.01 Å². The van der Waals surface area contributed by atoms with Gasteiger partial charge in [-0.05, 0) is 12.8 Å². The summed E-state index contributed by atoms with van der Waals surface area (Å²) in [7, 11) is 0. The smallest absolute Gasteiger partial charge is 0.310 e. The molecule has 1 aliphatic rings. The number of hydrogen-bond donors (Lipinski definition) is 1. The van der Waals surface area contributed by atoms with Crippen molar-refractivity contribution in [2.24, 2.45) is 11.8 Å². The Kier molecular flexibility index (Phi) is 4.18. The van der Waals surface area contributed by atoms with Crippen LogP contribution in [0.2, 0.25) is 0 Å². The number of unbranched alkanes of at least 4 members (excludes halogenated alkanes) is 1. The van der Waals surface area contributed by atoms with Gasteiger partial charge in [-0.15, -0.1) is 0 Å². The van der Waals surface area contributed by atoms with E-state index in [-0.39, 0.29) is 11.9 Å². The Hall–Kier alpha value is -0.610. The highest BCUT2D eigenvalue weighted by atomic mass is 16.5. The highest BCUT2D eigenvalue weighted by molar-refractivity contribution is 5.73. The molecule has 76 valence electrons. The van der Waals surface area contributed by atoms with Crippen molar-refractivity contribution in [1.82, 2.24) is 5.01 Å². The number of rotatable bonds is 4. The third-order valence-electron chi connectivity index (χ3n) is 2.30. The average molecular weight is 186 g/mol. The third kappa shape index (κ3) is 3.32. The molecule has 0 aromatic carbocycles. The van der Waals surface area contributed by atoms with Crippen LogP contribution in [-0.2, 0) is 9.53 Å². The van der Waals surface area contributed by atoms with Gasteiger partial charge >= 0.3 is 5.97 Å². The number of carbonyl (C=O) groups is 1. The molecule has 2 N–H and O–H groups in total. The van der Waals surface area contributed by atoms with Gasteiger partial charge in [-0.3, -0.25) is 10.6 Å². The largest absolute Gasteiger partial charge is 0.465 e. The summed E-state index contributed by atoms with van der Waals surface area (Å²) in [6.45, 7) is 4.07. The molecule has 0 spiro atoms. The molecule has 1 fully saturated rings. The van der Waals surface area contributed by atoms with Crippen molar-refractivity contribution in [3.05, 3.63) is 0 Å². The standard InChI is InChI=1S/C9H18N2O2/c1-2-3-6-13-9(12)8-4-5-11(10)7-8/h8H,2-7,10H2,1H3. The third-order valence-corrected chi connectivity index (χ3v) is 2.30. The van der Waals surface area contributed by atoms with Crippen LogP contribution in [0.25, 0.3) is 0 Å². The minimum absolute atomic E-state index is 0.00172. The van der Waals surface area contributed by atoms with Crippen molar-refractivity contribution in [2.75, 3.05) is 19.7 Å². The summed E-state index contributed by atoms with van der Waals surface area (Å²) in [6.07, 6.45) is 2.84. The van der Waals surface area contributed by atoms with Crippen LogP contribution in [-0.4, -0.2) is 30.7 Å². The van der Waals surface area contributed by atoms with Gasteiger partial charge in [0.2, 0.25) is 0 Å². The lowest BCUT2D eigenvalue weighted by molar-refractivity contribution is -0.148. The van der Waals surface area contributed by atoms with Gasteiger partial charge in [0.25, 0.3) is 0 Å². The molecule has 1 unspecified atom stereocenters. The molecule has 13 heavy (non-hydrogen) atoms. The Morgan fingerprint density at radius 1 is 1.69 bits per heavy atom. The highest BCUT2D eigenvalue weighted by Gasteiger charge is 2.27. The van der Waals surface area contributed by atoms with E-state index in [0.717, 1.165) is 25.8 Å². The number of hydrazine groups is 1. The number of ether oxygens (including phenoxy) is 1. The lowest BCUT2D eigenvalue weighted by Gasteiger charge is -2.09. The normalized spacial score (nSPS) is 23.4. The predicted octanol–water partition coefficient (Wildman–Crippen LogP) is 0.525. The summed E-state index contributed by atoms with van der Waals surface area (Å²) in [5.41, 5.74) is 0. The minimum atomic E-state index is -0.0820. The Morgan fingerprint density at radius 3 is 3.00 bits per heavy atom. The first-order valence-corrected chi connectivity index (χ1v) is 4.90. The average Bonchev–Trinajstić information content (AvgIpc) is 2.52. The first-order valence-electron chi connectivity index (χ1n) is 4.90. The van der Waals surface area contributed by atoms with Gasteiger partial charge in [-0.2, -0.15) is 0 Å². The summed E-state index contributed by atoms with van der Waals surface area (Å²) in [5, 5.41) is 1.67. The molecule has 0 aromatic rings. The number of hydrogen-bond acceptors (Lipinski definition) is 4. The molecule has 0 amide bonds. The Labute approximate surface area is 79.0 Å².